The number of nitrogens with one attached hydrogen (secondary N) is 1. The number of hydrogen-bond acceptors (Lipinski definition) is 3. The minimum absolute atomic E-state index is 0. The van der Waals surface area contributed by atoms with Gasteiger partial charge in [-0.2, -0.15) is 0 Å². The molecule has 2 fully saturated rings. The molecule has 2 saturated heterocycles. The molecule has 3 nitrogen and oxygen atoms in total. The van der Waals surface area contributed by atoms with Crippen molar-refractivity contribution in [2.24, 2.45) is 11.3 Å². The molecule has 0 amide bonds. The summed E-state index contributed by atoms with van der Waals surface area (Å²) < 4.78 is 0. The van der Waals surface area contributed by atoms with E-state index >= 15 is 0 Å². The Morgan fingerprint density at radius 1 is 1.12 bits per heavy atom. The Morgan fingerprint density at radius 3 is 2.42 bits per heavy atom. The largest absolute Gasteiger partial charge is 0.309 e. The van der Waals surface area contributed by atoms with Crippen molar-refractivity contribution in [2.75, 3.05) is 19.6 Å². The number of benzene rings is 2. The maximum atomic E-state index is 12.6. The molecule has 26 heavy (non-hydrogen) atoms. The van der Waals surface area contributed by atoms with Gasteiger partial charge in [0.05, 0.1) is 0 Å². The standard InChI is InChI=1S/C22H26N2O.BrH/c1-17(25)22-12-13-24(14-18-8-4-2-5-9-18)15-20(22)21(23-16-22)19-10-6-3-7-11-19;/h2-11,20-21,23H,12-16H2,1H3;1H/t20-,21-,22+;/m0./s1. The molecule has 0 bridgehead atoms. The molecule has 4 rings (SSSR count). The molecule has 0 unspecified atom stereocenters. The number of halogens is 1. The topological polar surface area (TPSA) is 32.3 Å². The molecular weight excluding hydrogens is 388 g/mol. The molecule has 1 N–H and O–H groups in total. The van der Waals surface area contributed by atoms with Gasteiger partial charge in [-0.05, 0) is 31.0 Å². The van der Waals surface area contributed by atoms with Crippen LogP contribution in [0.5, 0.6) is 0 Å². The highest BCUT2D eigenvalue weighted by Gasteiger charge is 2.54. The Labute approximate surface area is 166 Å². The van der Waals surface area contributed by atoms with E-state index in [1.807, 2.05) is 0 Å². The summed E-state index contributed by atoms with van der Waals surface area (Å²) in [6, 6.07) is 21.5. The van der Waals surface area contributed by atoms with Crippen LogP contribution in [-0.4, -0.2) is 30.3 Å². The van der Waals surface area contributed by atoms with E-state index < -0.39 is 0 Å². The molecule has 0 spiro atoms. The van der Waals surface area contributed by atoms with Gasteiger partial charge in [0.1, 0.15) is 5.78 Å². The fourth-order valence-corrected chi connectivity index (χ4v) is 4.72. The van der Waals surface area contributed by atoms with Crippen LogP contribution in [0.25, 0.3) is 0 Å². The highest BCUT2D eigenvalue weighted by atomic mass is 79.9. The maximum absolute atomic E-state index is 12.6. The fraction of sp³-hybridized carbons (Fsp3) is 0.409. The average molecular weight is 415 g/mol. The number of hydrogen-bond donors (Lipinski definition) is 1. The number of fused-ring (bicyclic) bond motifs is 1. The Bertz CT molecular complexity index is 736. The Morgan fingerprint density at radius 2 is 1.77 bits per heavy atom. The van der Waals surface area contributed by atoms with Crippen LogP contribution in [-0.2, 0) is 11.3 Å². The third kappa shape index (κ3) is 3.51. The summed E-state index contributed by atoms with van der Waals surface area (Å²) in [6.07, 6.45) is 0.955. The quantitative estimate of drug-likeness (QED) is 0.819. The van der Waals surface area contributed by atoms with Gasteiger partial charge in [-0.3, -0.25) is 9.69 Å². The fourth-order valence-electron chi connectivity index (χ4n) is 4.72. The normalized spacial score (nSPS) is 28.2. The Kier molecular flexibility index (Phi) is 5.96. The second kappa shape index (κ2) is 8.03. The smallest absolute Gasteiger partial charge is 0.137 e. The van der Waals surface area contributed by atoms with Crippen LogP contribution < -0.4 is 5.32 Å². The zero-order valence-electron chi connectivity index (χ0n) is 15.2. The molecule has 2 aliphatic rings. The van der Waals surface area contributed by atoms with Crippen LogP contribution in [0.1, 0.15) is 30.5 Å². The third-order valence-electron chi connectivity index (χ3n) is 6.19. The minimum atomic E-state index is -0.201. The molecule has 2 heterocycles. The zero-order valence-corrected chi connectivity index (χ0v) is 16.9. The number of carbonyl (C=O) groups is 1. The summed E-state index contributed by atoms with van der Waals surface area (Å²) in [6.45, 7) is 5.53. The Hall–Kier alpha value is -1.49. The molecule has 4 heteroatoms. The van der Waals surface area contributed by atoms with Crippen molar-refractivity contribution in [2.45, 2.75) is 25.9 Å². The van der Waals surface area contributed by atoms with E-state index in [-0.39, 0.29) is 28.4 Å². The first kappa shape index (κ1) is 19.3. The van der Waals surface area contributed by atoms with E-state index in [9.17, 15) is 4.79 Å². The number of carbonyl (C=O) groups excluding carboxylic acids is 1. The molecule has 2 aromatic carbocycles. The molecular formula is C22H27BrN2O. The number of ketones is 1. The van der Waals surface area contributed by atoms with Crippen molar-refractivity contribution in [3.63, 3.8) is 0 Å². The lowest BCUT2D eigenvalue weighted by Crippen LogP contribution is -2.50. The van der Waals surface area contributed by atoms with E-state index in [4.69, 9.17) is 0 Å². The molecule has 2 aromatic rings. The number of rotatable bonds is 4. The van der Waals surface area contributed by atoms with Crippen LogP contribution >= 0.6 is 17.0 Å². The first-order chi connectivity index (χ1) is 12.2. The van der Waals surface area contributed by atoms with Gasteiger partial charge in [-0.25, -0.2) is 0 Å². The van der Waals surface area contributed by atoms with Crippen LogP contribution in [0.3, 0.4) is 0 Å². The summed E-state index contributed by atoms with van der Waals surface area (Å²) >= 11 is 0. The van der Waals surface area contributed by atoms with Gasteiger partial charge in [0.25, 0.3) is 0 Å². The summed E-state index contributed by atoms with van der Waals surface area (Å²) in [5.74, 6) is 0.688. The summed E-state index contributed by atoms with van der Waals surface area (Å²) in [4.78, 5) is 15.1. The first-order valence-electron chi connectivity index (χ1n) is 9.25. The Balaban J connectivity index is 0.00000196. The van der Waals surface area contributed by atoms with Gasteiger partial charge in [-0.15, -0.1) is 17.0 Å². The van der Waals surface area contributed by atoms with E-state index in [2.05, 4.69) is 70.9 Å². The van der Waals surface area contributed by atoms with Gasteiger partial charge in [0.15, 0.2) is 0 Å². The van der Waals surface area contributed by atoms with Crippen LogP contribution in [0.2, 0.25) is 0 Å². The molecule has 0 aromatic heterocycles. The molecule has 3 atom stereocenters. The lowest BCUT2D eigenvalue weighted by atomic mass is 9.67. The number of piperidine rings is 1. The predicted molar refractivity (Wildman–Crippen MR) is 110 cm³/mol. The van der Waals surface area contributed by atoms with Crippen molar-refractivity contribution < 1.29 is 4.79 Å². The van der Waals surface area contributed by atoms with E-state index in [1.165, 1.54) is 11.1 Å². The van der Waals surface area contributed by atoms with Gasteiger partial charge in [-0.1, -0.05) is 60.7 Å². The van der Waals surface area contributed by atoms with E-state index in [1.54, 1.807) is 6.92 Å². The van der Waals surface area contributed by atoms with Crippen LogP contribution in [0.4, 0.5) is 0 Å². The SMILES string of the molecule is Br.CC(=O)[C@]12CCN(Cc3ccccc3)C[C@H]1[C@H](c1ccccc1)NC2. The average Bonchev–Trinajstić information content (AvgIpc) is 3.04. The van der Waals surface area contributed by atoms with Gasteiger partial charge < -0.3 is 5.32 Å². The summed E-state index contributed by atoms with van der Waals surface area (Å²) in [7, 11) is 0. The molecule has 0 radical (unpaired) electrons. The van der Waals surface area contributed by atoms with Crippen molar-refractivity contribution in [3.05, 3.63) is 71.8 Å². The first-order valence-corrected chi connectivity index (χ1v) is 9.25. The van der Waals surface area contributed by atoms with E-state index in [0.717, 1.165) is 32.6 Å². The number of nitrogens with zero attached hydrogens (tertiary/aromatic N) is 1. The van der Waals surface area contributed by atoms with Gasteiger partial charge in [0.2, 0.25) is 0 Å². The van der Waals surface area contributed by atoms with Crippen molar-refractivity contribution >= 4 is 22.8 Å². The maximum Gasteiger partial charge on any atom is 0.137 e. The lowest BCUT2D eigenvalue weighted by Gasteiger charge is -2.43. The van der Waals surface area contributed by atoms with E-state index in [0.29, 0.717) is 11.7 Å². The molecule has 138 valence electrons. The lowest BCUT2D eigenvalue weighted by molar-refractivity contribution is -0.131. The predicted octanol–water partition coefficient (Wildman–Crippen LogP) is 4.01. The molecule has 2 aliphatic heterocycles. The second-order valence-corrected chi connectivity index (χ2v) is 7.56. The second-order valence-electron chi connectivity index (χ2n) is 7.56. The van der Waals surface area contributed by atoms with Gasteiger partial charge >= 0.3 is 0 Å². The zero-order chi connectivity index (χ0) is 17.3. The summed E-state index contributed by atoms with van der Waals surface area (Å²) in [5.41, 5.74) is 2.45. The number of likely N-dealkylation sites (tertiary alicyclic amines) is 1. The monoisotopic (exact) mass is 414 g/mol. The summed E-state index contributed by atoms with van der Waals surface area (Å²) in [5, 5.41) is 3.67. The third-order valence-corrected chi connectivity index (χ3v) is 6.19. The van der Waals surface area contributed by atoms with Crippen molar-refractivity contribution in [1.29, 1.82) is 0 Å². The van der Waals surface area contributed by atoms with Gasteiger partial charge in [0, 0.05) is 37.0 Å². The van der Waals surface area contributed by atoms with Crippen LogP contribution in [0.15, 0.2) is 60.7 Å². The molecule has 0 saturated carbocycles. The highest BCUT2D eigenvalue weighted by Crippen LogP contribution is 2.48. The van der Waals surface area contributed by atoms with Crippen molar-refractivity contribution in [1.82, 2.24) is 10.2 Å². The van der Waals surface area contributed by atoms with Crippen molar-refractivity contribution in [3.8, 4) is 0 Å². The highest BCUT2D eigenvalue weighted by molar-refractivity contribution is 8.93. The minimum Gasteiger partial charge on any atom is -0.309 e. The molecule has 0 aliphatic carbocycles. The number of Topliss-reactive ketones (excluding diaryl/α,β-unsaturated/α-hetero) is 1. The van der Waals surface area contributed by atoms with Crippen LogP contribution in [0, 0.1) is 11.3 Å².